The lowest BCUT2D eigenvalue weighted by Crippen LogP contribution is -2.63. The minimum atomic E-state index is -0.371. The maximum atomic E-state index is 12.5. The third kappa shape index (κ3) is 2.31. The molecule has 2 N–H and O–H groups in total. The number of nitrogens with zero attached hydrogens (tertiary/aromatic N) is 1. The van der Waals surface area contributed by atoms with Crippen molar-refractivity contribution in [2.75, 3.05) is 6.54 Å². The number of hydrogen-bond donors (Lipinski definition) is 1. The number of nitrogens with two attached hydrogens (primary N) is 1. The number of Topliss-reactive ketones (excluding diaryl/α,β-unsaturated/α-hetero) is 1. The molecular weight excluding hydrogens is 324 g/mol. The lowest BCUT2D eigenvalue weighted by molar-refractivity contribution is -0.128. The smallest absolute Gasteiger partial charge is 0.248 e. The van der Waals surface area contributed by atoms with Gasteiger partial charge in [0.2, 0.25) is 5.91 Å². The SMILES string of the molecule is C[C@@H](C1CC1)N1CCC23CC(=O)CC[C@@H]2C1Cc1ccc(C(N)=O)cc13. The van der Waals surface area contributed by atoms with Gasteiger partial charge in [0.15, 0.2) is 0 Å². The molecule has 1 saturated heterocycles. The first-order valence-corrected chi connectivity index (χ1v) is 10.2. The van der Waals surface area contributed by atoms with Crippen molar-refractivity contribution in [1.82, 2.24) is 4.90 Å². The van der Waals surface area contributed by atoms with Crippen LogP contribution in [0.1, 0.15) is 66.9 Å². The molecule has 4 heteroatoms. The molecule has 1 heterocycles. The lowest BCUT2D eigenvalue weighted by Gasteiger charge is -2.60. The van der Waals surface area contributed by atoms with Gasteiger partial charge in [-0.1, -0.05) is 6.07 Å². The van der Waals surface area contributed by atoms with Crippen LogP contribution in [0.5, 0.6) is 0 Å². The summed E-state index contributed by atoms with van der Waals surface area (Å²) in [7, 11) is 0. The lowest BCUT2D eigenvalue weighted by atomic mass is 9.52. The van der Waals surface area contributed by atoms with Gasteiger partial charge in [-0.15, -0.1) is 0 Å². The maximum Gasteiger partial charge on any atom is 0.248 e. The van der Waals surface area contributed by atoms with E-state index in [4.69, 9.17) is 5.73 Å². The number of likely N-dealkylation sites (tertiary alicyclic amines) is 1. The number of amides is 1. The van der Waals surface area contributed by atoms with Gasteiger partial charge >= 0.3 is 0 Å². The minimum absolute atomic E-state index is 0.0706. The van der Waals surface area contributed by atoms with E-state index in [1.807, 2.05) is 12.1 Å². The zero-order valence-corrected chi connectivity index (χ0v) is 15.5. The molecule has 138 valence electrons. The van der Waals surface area contributed by atoms with Crippen LogP contribution in [0.25, 0.3) is 0 Å². The van der Waals surface area contributed by atoms with Crippen LogP contribution in [0.3, 0.4) is 0 Å². The molecule has 2 unspecified atom stereocenters. The normalized spacial score (nSPS) is 34.7. The van der Waals surface area contributed by atoms with E-state index >= 15 is 0 Å². The first-order chi connectivity index (χ1) is 12.5. The van der Waals surface area contributed by atoms with Crippen molar-refractivity contribution in [3.8, 4) is 0 Å². The average molecular weight is 352 g/mol. The van der Waals surface area contributed by atoms with Crippen molar-refractivity contribution in [3.63, 3.8) is 0 Å². The second-order valence-electron chi connectivity index (χ2n) is 9.09. The molecule has 1 amide bonds. The number of carbonyl (C=O) groups excluding carboxylic acids is 2. The largest absolute Gasteiger partial charge is 0.366 e. The third-order valence-electron chi connectivity index (χ3n) is 7.85. The zero-order chi connectivity index (χ0) is 18.1. The molecule has 26 heavy (non-hydrogen) atoms. The van der Waals surface area contributed by atoms with Crippen molar-refractivity contribution in [2.45, 2.75) is 69.4 Å². The first-order valence-electron chi connectivity index (χ1n) is 10.2. The van der Waals surface area contributed by atoms with Crippen LogP contribution < -0.4 is 5.73 Å². The fourth-order valence-corrected chi connectivity index (χ4v) is 6.36. The number of fused-ring (bicyclic) bond motifs is 1. The molecule has 4 atom stereocenters. The van der Waals surface area contributed by atoms with Crippen LogP contribution in [-0.4, -0.2) is 35.2 Å². The summed E-state index contributed by atoms with van der Waals surface area (Å²) < 4.78 is 0. The quantitative estimate of drug-likeness (QED) is 0.910. The fraction of sp³-hybridized carbons (Fsp3) is 0.636. The van der Waals surface area contributed by atoms with Crippen molar-refractivity contribution in [1.29, 1.82) is 0 Å². The second kappa shape index (κ2) is 5.66. The Hall–Kier alpha value is -1.68. The standard InChI is InChI=1S/C22H28N2O2/c1-13(14-2-3-14)24-9-8-22-12-17(25)6-7-18(22)20(24)11-15-4-5-16(21(23)26)10-19(15)22/h4-5,10,13-14,18,20H,2-3,6-9,11-12H2,1H3,(H2,23,26)/t13-,18+,20?,22?/m0/s1. The monoisotopic (exact) mass is 352 g/mol. The van der Waals surface area contributed by atoms with E-state index in [-0.39, 0.29) is 11.3 Å². The predicted octanol–water partition coefficient (Wildman–Crippen LogP) is 2.82. The average Bonchev–Trinajstić information content (AvgIpc) is 3.45. The van der Waals surface area contributed by atoms with E-state index in [1.54, 1.807) is 0 Å². The van der Waals surface area contributed by atoms with Gasteiger partial charge < -0.3 is 5.73 Å². The molecule has 1 aromatic carbocycles. The highest BCUT2D eigenvalue weighted by atomic mass is 16.1. The summed E-state index contributed by atoms with van der Waals surface area (Å²) >= 11 is 0. The molecule has 2 saturated carbocycles. The second-order valence-corrected chi connectivity index (χ2v) is 9.09. The summed E-state index contributed by atoms with van der Waals surface area (Å²) in [5.41, 5.74) is 8.65. The van der Waals surface area contributed by atoms with Crippen molar-refractivity contribution >= 4 is 11.7 Å². The first kappa shape index (κ1) is 16.5. The van der Waals surface area contributed by atoms with E-state index < -0.39 is 0 Å². The Morgan fingerprint density at radius 1 is 1.31 bits per heavy atom. The van der Waals surface area contributed by atoms with Gasteiger partial charge in [-0.25, -0.2) is 0 Å². The summed E-state index contributed by atoms with van der Waals surface area (Å²) in [5, 5.41) is 0. The minimum Gasteiger partial charge on any atom is -0.366 e. The van der Waals surface area contributed by atoms with Crippen LogP contribution >= 0.6 is 0 Å². The van der Waals surface area contributed by atoms with Gasteiger partial charge in [0, 0.05) is 35.9 Å². The molecule has 0 radical (unpaired) electrons. The molecular formula is C22H28N2O2. The van der Waals surface area contributed by atoms with Gasteiger partial charge in [-0.2, -0.15) is 0 Å². The summed E-state index contributed by atoms with van der Waals surface area (Å²) in [4.78, 5) is 27.0. The van der Waals surface area contributed by atoms with Gasteiger partial charge in [0.25, 0.3) is 0 Å². The summed E-state index contributed by atoms with van der Waals surface area (Å²) in [6, 6.07) is 7.18. The van der Waals surface area contributed by atoms with E-state index in [0.29, 0.717) is 35.8 Å². The number of benzene rings is 1. The van der Waals surface area contributed by atoms with Crippen LogP contribution in [-0.2, 0) is 16.6 Å². The van der Waals surface area contributed by atoms with Crippen LogP contribution in [0, 0.1) is 11.8 Å². The Labute approximate surface area is 155 Å². The van der Waals surface area contributed by atoms with Crippen molar-refractivity contribution in [3.05, 3.63) is 34.9 Å². The number of primary amides is 1. The molecule has 4 aliphatic rings. The third-order valence-corrected chi connectivity index (χ3v) is 7.85. The van der Waals surface area contributed by atoms with E-state index in [1.165, 1.54) is 24.0 Å². The number of carbonyl (C=O) groups is 2. The Balaban J connectivity index is 1.61. The molecule has 1 aromatic rings. The van der Waals surface area contributed by atoms with Crippen LogP contribution in [0.15, 0.2) is 18.2 Å². The highest BCUT2D eigenvalue weighted by Gasteiger charge is 2.56. The van der Waals surface area contributed by atoms with E-state index in [2.05, 4.69) is 17.9 Å². The van der Waals surface area contributed by atoms with Crippen molar-refractivity contribution in [2.24, 2.45) is 17.6 Å². The molecule has 2 bridgehead atoms. The molecule has 3 fully saturated rings. The Morgan fingerprint density at radius 2 is 2.12 bits per heavy atom. The molecule has 1 aliphatic heterocycles. The number of ketones is 1. The highest BCUT2D eigenvalue weighted by Crippen LogP contribution is 2.56. The zero-order valence-electron chi connectivity index (χ0n) is 15.5. The molecule has 0 spiro atoms. The number of rotatable bonds is 3. The Morgan fingerprint density at radius 3 is 2.85 bits per heavy atom. The molecule has 4 nitrogen and oxygen atoms in total. The van der Waals surface area contributed by atoms with Gasteiger partial charge in [0.05, 0.1) is 0 Å². The van der Waals surface area contributed by atoms with E-state index in [9.17, 15) is 9.59 Å². The van der Waals surface area contributed by atoms with Crippen LogP contribution in [0.4, 0.5) is 0 Å². The van der Waals surface area contributed by atoms with Gasteiger partial charge in [-0.3, -0.25) is 14.5 Å². The van der Waals surface area contributed by atoms with Gasteiger partial charge in [-0.05, 0) is 80.7 Å². The van der Waals surface area contributed by atoms with E-state index in [0.717, 1.165) is 38.1 Å². The molecule has 3 aliphatic carbocycles. The number of piperidine rings is 1. The van der Waals surface area contributed by atoms with Crippen molar-refractivity contribution < 1.29 is 9.59 Å². The summed E-state index contributed by atoms with van der Waals surface area (Å²) in [5.74, 6) is 1.42. The number of hydrogen-bond acceptors (Lipinski definition) is 3. The Kier molecular flexibility index (Phi) is 3.59. The van der Waals surface area contributed by atoms with Crippen LogP contribution in [0.2, 0.25) is 0 Å². The summed E-state index contributed by atoms with van der Waals surface area (Å²) in [6.07, 6.45) is 7.19. The van der Waals surface area contributed by atoms with Gasteiger partial charge in [0.1, 0.15) is 5.78 Å². The molecule has 5 rings (SSSR count). The topological polar surface area (TPSA) is 63.4 Å². The Bertz CT molecular complexity index is 784. The molecule has 0 aromatic heterocycles. The maximum absolute atomic E-state index is 12.5. The highest BCUT2D eigenvalue weighted by molar-refractivity contribution is 5.93. The fourth-order valence-electron chi connectivity index (χ4n) is 6.36. The summed E-state index contributed by atoms with van der Waals surface area (Å²) in [6.45, 7) is 3.48. The predicted molar refractivity (Wildman–Crippen MR) is 100.0 cm³/mol.